The van der Waals surface area contributed by atoms with Gasteiger partial charge in [-0.2, -0.15) is 18.3 Å². The molecular weight excluding hydrogens is 475 g/mol. The van der Waals surface area contributed by atoms with E-state index in [0.29, 0.717) is 16.4 Å². The average Bonchev–Trinajstić information content (AvgIpc) is 3.35. The largest absolute Gasteiger partial charge is 0.497 e. The molecule has 35 heavy (non-hydrogen) atoms. The predicted molar refractivity (Wildman–Crippen MR) is 134 cm³/mol. The number of aromatic nitrogens is 2. The van der Waals surface area contributed by atoms with Crippen LogP contribution in [0.2, 0.25) is 0 Å². The van der Waals surface area contributed by atoms with E-state index in [1.165, 1.54) is 12.1 Å². The maximum atomic E-state index is 12.8. The number of hydrazone groups is 1. The first-order valence-electron chi connectivity index (χ1n) is 10.4. The topological polar surface area (TPSA) is 63.5 Å². The van der Waals surface area contributed by atoms with Gasteiger partial charge >= 0.3 is 6.18 Å². The summed E-state index contributed by atoms with van der Waals surface area (Å²) >= 11 is 5.23. The summed E-state index contributed by atoms with van der Waals surface area (Å²) in [5, 5.41) is 7.51. The maximum absolute atomic E-state index is 12.8. The molecule has 0 amide bonds. The van der Waals surface area contributed by atoms with Gasteiger partial charge in [-0.05, 0) is 66.3 Å². The summed E-state index contributed by atoms with van der Waals surface area (Å²) in [6.07, 6.45) is 0.640. The summed E-state index contributed by atoms with van der Waals surface area (Å²) in [5.74, 6) is 0.752. The van der Waals surface area contributed by atoms with E-state index in [0.717, 1.165) is 34.8 Å². The molecule has 0 saturated heterocycles. The SMILES string of the molecule is COc1ccc(NC(=S)N/N=C/c2ccc(-n3cnc(-c4ccc(C(F)(F)F)cc4)c3)cc2)cc1. The predicted octanol–water partition coefficient (Wildman–Crippen LogP) is 5.89. The van der Waals surface area contributed by atoms with Gasteiger partial charge in [0.1, 0.15) is 5.75 Å². The molecule has 0 atom stereocenters. The van der Waals surface area contributed by atoms with Crippen LogP contribution in [0.25, 0.3) is 16.9 Å². The van der Waals surface area contributed by atoms with Gasteiger partial charge in [-0.1, -0.05) is 24.3 Å². The van der Waals surface area contributed by atoms with Crippen LogP contribution in [0.1, 0.15) is 11.1 Å². The van der Waals surface area contributed by atoms with Crippen LogP contribution in [0.15, 0.2) is 90.4 Å². The first-order chi connectivity index (χ1) is 16.8. The number of rotatable bonds is 6. The molecular formula is C25H20F3N5OS. The summed E-state index contributed by atoms with van der Waals surface area (Å²) in [4.78, 5) is 4.31. The number of hydrogen-bond donors (Lipinski definition) is 2. The molecule has 0 aliphatic carbocycles. The van der Waals surface area contributed by atoms with Crippen LogP contribution < -0.4 is 15.5 Å². The Kier molecular flexibility index (Phi) is 7.11. The molecule has 0 aliphatic heterocycles. The fourth-order valence-corrected chi connectivity index (χ4v) is 3.34. The molecule has 0 spiro atoms. The number of nitrogens with zero attached hydrogens (tertiary/aromatic N) is 3. The van der Waals surface area contributed by atoms with E-state index in [4.69, 9.17) is 17.0 Å². The van der Waals surface area contributed by atoms with Gasteiger partial charge in [0.25, 0.3) is 0 Å². The Morgan fingerprint density at radius 3 is 2.31 bits per heavy atom. The third kappa shape index (κ3) is 6.24. The van der Waals surface area contributed by atoms with E-state index in [9.17, 15) is 13.2 Å². The van der Waals surface area contributed by atoms with Crippen molar-refractivity contribution in [2.24, 2.45) is 5.10 Å². The van der Waals surface area contributed by atoms with Gasteiger partial charge in [0.15, 0.2) is 5.11 Å². The van der Waals surface area contributed by atoms with Gasteiger partial charge in [-0.3, -0.25) is 5.43 Å². The van der Waals surface area contributed by atoms with Crippen molar-refractivity contribution in [3.63, 3.8) is 0 Å². The van der Waals surface area contributed by atoms with Crippen LogP contribution in [0.5, 0.6) is 5.75 Å². The molecule has 1 heterocycles. The third-order valence-corrected chi connectivity index (χ3v) is 5.20. The monoisotopic (exact) mass is 495 g/mol. The van der Waals surface area contributed by atoms with E-state index >= 15 is 0 Å². The Morgan fingerprint density at radius 1 is 1.00 bits per heavy atom. The highest BCUT2D eigenvalue weighted by molar-refractivity contribution is 7.80. The molecule has 0 unspecified atom stereocenters. The summed E-state index contributed by atoms with van der Waals surface area (Å²) in [5.41, 5.74) is 5.74. The van der Waals surface area contributed by atoms with Crippen LogP contribution in [0, 0.1) is 0 Å². The number of benzene rings is 3. The minimum absolute atomic E-state index is 0.345. The van der Waals surface area contributed by atoms with E-state index < -0.39 is 11.7 Å². The lowest BCUT2D eigenvalue weighted by molar-refractivity contribution is -0.137. The zero-order valence-electron chi connectivity index (χ0n) is 18.5. The van der Waals surface area contributed by atoms with Crippen molar-refractivity contribution < 1.29 is 17.9 Å². The Labute approximate surface area is 205 Å². The van der Waals surface area contributed by atoms with Crippen molar-refractivity contribution in [3.05, 3.63) is 96.4 Å². The maximum Gasteiger partial charge on any atom is 0.416 e. The lowest BCUT2D eigenvalue weighted by atomic mass is 10.1. The van der Waals surface area contributed by atoms with E-state index in [2.05, 4.69) is 20.8 Å². The number of hydrogen-bond acceptors (Lipinski definition) is 4. The minimum atomic E-state index is -4.36. The van der Waals surface area contributed by atoms with Gasteiger partial charge < -0.3 is 14.6 Å². The highest BCUT2D eigenvalue weighted by atomic mass is 32.1. The van der Waals surface area contributed by atoms with E-state index in [-0.39, 0.29) is 0 Å². The summed E-state index contributed by atoms with van der Waals surface area (Å²) in [7, 11) is 1.60. The number of thiocarbonyl (C=S) groups is 1. The molecule has 6 nitrogen and oxygen atoms in total. The standard InChI is InChI=1S/C25H20F3N5OS/c1-34-22-12-8-20(9-13-22)31-24(35)32-30-14-17-2-10-21(11-3-17)33-15-23(29-16-33)18-4-6-19(7-5-18)25(26,27)28/h2-16H,1H3,(H2,31,32,35)/b30-14+. The number of methoxy groups -OCH3 is 1. The Morgan fingerprint density at radius 2 is 1.69 bits per heavy atom. The normalized spacial score (nSPS) is 11.4. The summed E-state index contributed by atoms with van der Waals surface area (Å²) in [6, 6.07) is 19.8. The zero-order chi connectivity index (χ0) is 24.8. The third-order valence-electron chi connectivity index (χ3n) is 5.01. The zero-order valence-corrected chi connectivity index (χ0v) is 19.3. The van der Waals surface area contributed by atoms with Crippen molar-refractivity contribution in [3.8, 4) is 22.7 Å². The Balaban J connectivity index is 1.34. The molecule has 178 valence electrons. The second-order valence-electron chi connectivity index (χ2n) is 7.39. The van der Waals surface area contributed by atoms with Gasteiger partial charge in [-0.25, -0.2) is 4.98 Å². The number of alkyl halides is 3. The first-order valence-corrected chi connectivity index (χ1v) is 10.8. The average molecular weight is 496 g/mol. The van der Waals surface area contributed by atoms with Crippen LogP contribution >= 0.6 is 12.2 Å². The number of ether oxygens (including phenoxy) is 1. The van der Waals surface area contributed by atoms with Crippen molar-refractivity contribution in [1.29, 1.82) is 0 Å². The number of nitrogens with one attached hydrogen (secondary N) is 2. The van der Waals surface area contributed by atoms with Crippen molar-refractivity contribution in [2.75, 3.05) is 12.4 Å². The molecule has 1 aromatic heterocycles. The molecule has 10 heteroatoms. The second kappa shape index (κ2) is 10.4. The summed E-state index contributed by atoms with van der Waals surface area (Å²) < 4.78 is 45.2. The summed E-state index contributed by atoms with van der Waals surface area (Å²) in [6.45, 7) is 0. The molecule has 0 bridgehead atoms. The highest BCUT2D eigenvalue weighted by Gasteiger charge is 2.30. The first kappa shape index (κ1) is 24.0. The lowest BCUT2D eigenvalue weighted by Gasteiger charge is -2.07. The van der Waals surface area contributed by atoms with E-state index in [1.807, 2.05) is 48.5 Å². The smallest absolute Gasteiger partial charge is 0.416 e. The molecule has 2 N–H and O–H groups in total. The molecule has 0 aliphatic rings. The number of halogens is 3. The quantitative estimate of drug-likeness (QED) is 0.199. The molecule has 3 aromatic carbocycles. The van der Waals surface area contributed by atoms with Crippen LogP contribution in [-0.4, -0.2) is 28.0 Å². The van der Waals surface area contributed by atoms with Crippen molar-refractivity contribution >= 4 is 29.2 Å². The van der Waals surface area contributed by atoms with Crippen LogP contribution in [-0.2, 0) is 6.18 Å². The highest BCUT2D eigenvalue weighted by Crippen LogP contribution is 2.30. The second-order valence-corrected chi connectivity index (χ2v) is 7.79. The van der Waals surface area contributed by atoms with Crippen LogP contribution in [0.4, 0.5) is 18.9 Å². The van der Waals surface area contributed by atoms with Gasteiger partial charge in [-0.15, -0.1) is 0 Å². The van der Waals surface area contributed by atoms with Crippen molar-refractivity contribution in [2.45, 2.75) is 6.18 Å². The Bertz CT molecular complexity index is 1320. The number of imidazole rings is 1. The Hall–Kier alpha value is -4.18. The van der Waals surface area contributed by atoms with Gasteiger partial charge in [0.05, 0.1) is 30.9 Å². The number of anilines is 1. The van der Waals surface area contributed by atoms with Crippen LogP contribution in [0.3, 0.4) is 0 Å². The lowest BCUT2D eigenvalue weighted by Crippen LogP contribution is -2.23. The molecule has 4 aromatic rings. The molecule has 0 radical (unpaired) electrons. The fourth-order valence-electron chi connectivity index (χ4n) is 3.17. The minimum Gasteiger partial charge on any atom is -0.497 e. The fraction of sp³-hybridized carbons (Fsp3) is 0.0800. The van der Waals surface area contributed by atoms with E-state index in [1.54, 1.807) is 30.4 Å². The molecule has 0 saturated carbocycles. The molecule has 0 fully saturated rings. The molecule has 4 rings (SSSR count). The van der Waals surface area contributed by atoms with Gasteiger partial charge in [0.2, 0.25) is 0 Å². The van der Waals surface area contributed by atoms with Gasteiger partial charge in [0, 0.05) is 23.1 Å². The van der Waals surface area contributed by atoms with Crippen molar-refractivity contribution in [1.82, 2.24) is 15.0 Å².